The number of amides is 1. The molecule has 1 N–H and O–H groups in total. The van der Waals surface area contributed by atoms with Crippen molar-refractivity contribution in [2.75, 3.05) is 26.4 Å². The Morgan fingerprint density at radius 2 is 2.00 bits per heavy atom. The largest absolute Gasteiger partial charge is 0.351 e. The Morgan fingerprint density at radius 1 is 1.37 bits per heavy atom. The summed E-state index contributed by atoms with van der Waals surface area (Å²) >= 11 is 3.35. The lowest BCUT2D eigenvalue weighted by Gasteiger charge is -2.12. The SMILES string of the molecule is Cc1c(Br)cccc1C(=O)NCCS(=O)(=O)N(C)C. The van der Waals surface area contributed by atoms with Gasteiger partial charge >= 0.3 is 0 Å². The molecule has 0 bridgehead atoms. The van der Waals surface area contributed by atoms with E-state index in [-0.39, 0.29) is 18.2 Å². The van der Waals surface area contributed by atoms with Gasteiger partial charge in [0.25, 0.3) is 5.91 Å². The summed E-state index contributed by atoms with van der Waals surface area (Å²) < 4.78 is 25.1. The molecule has 0 heterocycles. The van der Waals surface area contributed by atoms with E-state index in [0.29, 0.717) is 5.56 Å². The predicted molar refractivity (Wildman–Crippen MR) is 78.7 cm³/mol. The minimum absolute atomic E-state index is 0.0886. The van der Waals surface area contributed by atoms with Crippen LogP contribution in [0.2, 0.25) is 0 Å². The Bertz CT molecular complexity index is 570. The summed E-state index contributed by atoms with van der Waals surface area (Å²) in [6, 6.07) is 5.32. The van der Waals surface area contributed by atoms with Crippen molar-refractivity contribution in [2.45, 2.75) is 6.92 Å². The van der Waals surface area contributed by atoms with Crippen LogP contribution in [0.3, 0.4) is 0 Å². The van der Waals surface area contributed by atoms with E-state index in [1.54, 1.807) is 12.1 Å². The maximum absolute atomic E-state index is 11.9. The van der Waals surface area contributed by atoms with Crippen LogP contribution in [0.25, 0.3) is 0 Å². The van der Waals surface area contributed by atoms with E-state index < -0.39 is 10.0 Å². The highest BCUT2D eigenvalue weighted by Crippen LogP contribution is 2.19. The van der Waals surface area contributed by atoms with Gasteiger partial charge < -0.3 is 5.32 Å². The van der Waals surface area contributed by atoms with Crippen LogP contribution in [0.4, 0.5) is 0 Å². The van der Waals surface area contributed by atoms with Gasteiger partial charge in [0.15, 0.2) is 0 Å². The molecular formula is C12H17BrN2O3S. The summed E-state index contributed by atoms with van der Waals surface area (Å²) in [4.78, 5) is 11.9. The van der Waals surface area contributed by atoms with Crippen LogP contribution in [-0.4, -0.2) is 45.0 Å². The molecule has 0 saturated heterocycles. The number of hydrogen-bond acceptors (Lipinski definition) is 3. The van der Waals surface area contributed by atoms with Crippen LogP contribution < -0.4 is 5.32 Å². The monoisotopic (exact) mass is 348 g/mol. The molecule has 0 aromatic heterocycles. The first-order valence-electron chi connectivity index (χ1n) is 5.69. The Morgan fingerprint density at radius 3 is 2.58 bits per heavy atom. The van der Waals surface area contributed by atoms with Crippen molar-refractivity contribution >= 4 is 31.9 Å². The molecule has 0 aliphatic heterocycles. The number of nitrogens with one attached hydrogen (secondary N) is 1. The molecule has 106 valence electrons. The number of carbonyl (C=O) groups is 1. The van der Waals surface area contributed by atoms with Crippen LogP contribution in [0.5, 0.6) is 0 Å². The first-order chi connectivity index (χ1) is 8.75. The first kappa shape index (κ1) is 16.1. The second-order valence-corrected chi connectivity index (χ2v) is 7.42. The Kier molecular flexibility index (Phi) is 5.51. The standard InChI is InChI=1S/C12H17BrN2O3S/c1-9-10(5-4-6-11(9)13)12(16)14-7-8-19(17,18)15(2)3/h4-6H,7-8H2,1-3H3,(H,14,16). The summed E-state index contributed by atoms with van der Waals surface area (Å²) in [6.45, 7) is 1.92. The zero-order chi connectivity index (χ0) is 14.6. The molecule has 19 heavy (non-hydrogen) atoms. The zero-order valence-electron chi connectivity index (χ0n) is 11.1. The Hall–Kier alpha value is -0.920. The number of nitrogens with zero attached hydrogens (tertiary/aromatic N) is 1. The second kappa shape index (κ2) is 6.49. The average Bonchev–Trinajstić information content (AvgIpc) is 2.32. The van der Waals surface area contributed by atoms with Gasteiger partial charge in [-0.2, -0.15) is 0 Å². The molecule has 1 aromatic carbocycles. The van der Waals surface area contributed by atoms with E-state index in [4.69, 9.17) is 0 Å². The molecule has 0 radical (unpaired) electrons. The van der Waals surface area contributed by atoms with Crippen LogP contribution in [-0.2, 0) is 10.0 Å². The molecule has 0 saturated carbocycles. The van der Waals surface area contributed by atoms with Crippen LogP contribution in [0.1, 0.15) is 15.9 Å². The Balaban J connectivity index is 2.65. The maximum atomic E-state index is 11.9. The van der Waals surface area contributed by atoms with Gasteiger partial charge in [-0.05, 0) is 24.6 Å². The number of carbonyl (C=O) groups excluding carboxylic acids is 1. The van der Waals surface area contributed by atoms with Crippen molar-refractivity contribution in [1.29, 1.82) is 0 Å². The predicted octanol–water partition coefficient (Wildman–Crippen LogP) is 1.38. The van der Waals surface area contributed by atoms with Crippen LogP contribution in [0.15, 0.2) is 22.7 Å². The number of benzene rings is 1. The molecule has 7 heteroatoms. The van der Waals surface area contributed by atoms with E-state index in [2.05, 4.69) is 21.2 Å². The lowest BCUT2D eigenvalue weighted by molar-refractivity contribution is 0.0955. The van der Waals surface area contributed by atoms with Gasteiger partial charge in [-0.1, -0.05) is 22.0 Å². The lowest BCUT2D eigenvalue weighted by atomic mass is 10.1. The Labute approximate surface area is 122 Å². The summed E-state index contributed by atoms with van der Waals surface area (Å²) in [7, 11) is -0.349. The number of hydrogen-bond donors (Lipinski definition) is 1. The van der Waals surface area contributed by atoms with Gasteiger partial charge in [-0.15, -0.1) is 0 Å². The van der Waals surface area contributed by atoms with Gasteiger partial charge in [-0.25, -0.2) is 12.7 Å². The molecule has 1 rings (SSSR count). The average molecular weight is 349 g/mol. The van der Waals surface area contributed by atoms with Gasteiger partial charge in [0.1, 0.15) is 0 Å². The molecule has 0 fully saturated rings. The fraction of sp³-hybridized carbons (Fsp3) is 0.417. The molecule has 5 nitrogen and oxygen atoms in total. The van der Waals surface area contributed by atoms with Gasteiger partial charge in [-0.3, -0.25) is 4.79 Å². The van der Waals surface area contributed by atoms with Crippen molar-refractivity contribution < 1.29 is 13.2 Å². The van der Waals surface area contributed by atoms with E-state index in [0.717, 1.165) is 14.3 Å². The van der Waals surface area contributed by atoms with Crippen molar-refractivity contribution in [1.82, 2.24) is 9.62 Å². The molecule has 0 aliphatic rings. The molecule has 1 aromatic rings. The fourth-order valence-corrected chi connectivity index (χ4v) is 2.52. The van der Waals surface area contributed by atoms with Crippen LogP contribution >= 0.6 is 15.9 Å². The summed E-state index contributed by atoms with van der Waals surface area (Å²) in [5.74, 6) is -0.383. The molecule has 0 atom stereocenters. The lowest BCUT2D eigenvalue weighted by Crippen LogP contribution is -2.34. The number of rotatable bonds is 5. The first-order valence-corrected chi connectivity index (χ1v) is 8.09. The van der Waals surface area contributed by atoms with Crippen molar-refractivity contribution in [2.24, 2.45) is 0 Å². The second-order valence-electron chi connectivity index (χ2n) is 4.27. The third kappa shape index (κ3) is 4.29. The maximum Gasteiger partial charge on any atom is 0.251 e. The summed E-state index contributed by atoms with van der Waals surface area (Å²) in [5.41, 5.74) is 1.37. The third-order valence-corrected chi connectivity index (χ3v) is 5.41. The molecule has 0 spiro atoms. The highest BCUT2D eigenvalue weighted by atomic mass is 79.9. The van der Waals surface area contributed by atoms with E-state index in [1.807, 2.05) is 13.0 Å². The molecule has 1 amide bonds. The van der Waals surface area contributed by atoms with E-state index in [1.165, 1.54) is 14.1 Å². The molecular weight excluding hydrogens is 332 g/mol. The van der Waals surface area contributed by atoms with Crippen molar-refractivity contribution in [3.8, 4) is 0 Å². The smallest absolute Gasteiger partial charge is 0.251 e. The van der Waals surface area contributed by atoms with Crippen molar-refractivity contribution in [3.63, 3.8) is 0 Å². The summed E-state index contributed by atoms with van der Waals surface area (Å²) in [5, 5.41) is 2.61. The quantitative estimate of drug-likeness (QED) is 0.873. The van der Waals surface area contributed by atoms with Crippen molar-refractivity contribution in [3.05, 3.63) is 33.8 Å². The topological polar surface area (TPSA) is 66.5 Å². The number of halogens is 1. The number of sulfonamides is 1. The normalized spacial score (nSPS) is 11.6. The van der Waals surface area contributed by atoms with E-state index >= 15 is 0 Å². The fourth-order valence-electron chi connectivity index (χ4n) is 1.42. The highest BCUT2D eigenvalue weighted by molar-refractivity contribution is 9.10. The van der Waals surface area contributed by atoms with Gasteiger partial charge in [0.05, 0.1) is 5.75 Å². The van der Waals surface area contributed by atoms with E-state index in [9.17, 15) is 13.2 Å². The minimum Gasteiger partial charge on any atom is -0.351 e. The van der Waals surface area contributed by atoms with Gasteiger partial charge in [0.2, 0.25) is 10.0 Å². The minimum atomic E-state index is -3.28. The summed E-state index contributed by atoms with van der Waals surface area (Å²) in [6.07, 6.45) is 0. The highest BCUT2D eigenvalue weighted by Gasteiger charge is 2.15. The zero-order valence-corrected chi connectivity index (χ0v) is 13.5. The molecule has 0 unspecified atom stereocenters. The van der Waals surface area contributed by atoms with Crippen LogP contribution in [0, 0.1) is 6.92 Å². The van der Waals surface area contributed by atoms with Gasteiger partial charge in [0, 0.05) is 30.7 Å². The molecule has 0 aliphatic carbocycles. The third-order valence-electron chi connectivity index (χ3n) is 2.71.